The minimum absolute atomic E-state index is 0.0116. The second-order valence-electron chi connectivity index (χ2n) is 6.55. The zero-order chi connectivity index (χ0) is 14.6. The van der Waals surface area contributed by atoms with Crippen molar-refractivity contribution in [2.45, 2.75) is 38.0 Å². The van der Waals surface area contributed by atoms with Crippen LogP contribution in [0.2, 0.25) is 5.15 Å². The maximum Gasteiger partial charge on any atom is 0.137 e. The van der Waals surface area contributed by atoms with E-state index in [0.717, 1.165) is 18.1 Å². The molecule has 1 fully saturated rings. The Morgan fingerprint density at radius 2 is 2.05 bits per heavy atom. The molecule has 0 unspecified atom stereocenters. The van der Waals surface area contributed by atoms with Crippen molar-refractivity contribution in [3.8, 4) is 0 Å². The van der Waals surface area contributed by atoms with Crippen LogP contribution in [-0.4, -0.2) is 21.5 Å². The lowest BCUT2D eigenvalue weighted by molar-refractivity contribution is 0.550. The summed E-state index contributed by atoms with van der Waals surface area (Å²) in [4.78, 5) is 15.5. The molecule has 0 amide bonds. The first kappa shape index (κ1) is 13.0. The average molecular weight is 301 g/mol. The summed E-state index contributed by atoms with van der Waals surface area (Å²) in [6.07, 6.45) is 4.06. The molecule has 4 rings (SSSR count). The molecule has 0 radical (unpaired) electrons. The van der Waals surface area contributed by atoms with Crippen LogP contribution in [0.25, 0.3) is 0 Å². The van der Waals surface area contributed by atoms with Crippen LogP contribution in [0.4, 0.5) is 11.5 Å². The molecule has 0 spiro atoms. The number of anilines is 2. The van der Waals surface area contributed by atoms with E-state index < -0.39 is 0 Å². The summed E-state index contributed by atoms with van der Waals surface area (Å²) in [6.45, 7) is 5.33. The molecule has 21 heavy (non-hydrogen) atoms. The molecule has 1 aliphatic carbocycles. The van der Waals surface area contributed by atoms with Crippen molar-refractivity contribution < 1.29 is 0 Å². The number of pyridine rings is 1. The highest BCUT2D eigenvalue weighted by Gasteiger charge is 2.39. The van der Waals surface area contributed by atoms with E-state index in [-0.39, 0.29) is 5.41 Å². The van der Waals surface area contributed by atoms with Gasteiger partial charge in [0, 0.05) is 29.6 Å². The van der Waals surface area contributed by atoms with Crippen molar-refractivity contribution in [1.29, 1.82) is 0 Å². The zero-order valence-corrected chi connectivity index (χ0v) is 12.9. The summed E-state index contributed by atoms with van der Waals surface area (Å²) < 4.78 is 0. The average Bonchev–Trinajstić information content (AvgIpc) is 3.25. The normalized spacial score (nSPS) is 19.7. The van der Waals surface area contributed by atoms with Crippen molar-refractivity contribution >= 4 is 23.1 Å². The molecule has 0 N–H and O–H groups in total. The first-order valence-electron chi connectivity index (χ1n) is 7.31. The van der Waals surface area contributed by atoms with E-state index in [4.69, 9.17) is 16.6 Å². The van der Waals surface area contributed by atoms with Gasteiger partial charge in [-0.25, -0.2) is 9.97 Å². The first-order valence-corrected chi connectivity index (χ1v) is 7.69. The highest BCUT2D eigenvalue weighted by molar-refractivity contribution is 6.29. The van der Waals surface area contributed by atoms with Crippen LogP contribution in [0.1, 0.15) is 44.0 Å². The van der Waals surface area contributed by atoms with Crippen molar-refractivity contribution in [1.82, 2.24) is 15.0 Å². The van der Waals surface area contributed by atoms with Crippen LogP contribution in [0.15, 0.2) is 24.5 Å². The Bertz CT molecular complexity index is 709. The van der Waals surface area contributed by atoms with Gasteiger partial charge in [0.2, 0.25) is 0 Å². The van der Waals surface area contributed by atoms with E-state index >= 15 is 0 Å². The van der Waals surface area contributed by atoms with Gasteiger partial charge >= 0.3 is 0 Å². The molecular formula is C16H17ClN4. The predicted molar refractivity (Wildman–Crippen MR) is 83.3 cm³/mol. The van der Waals surface area contributed by atoms with E-state index in [2.05, 4.69) is 40.8 Å². The van der Waals surface area contributed by atoms with Gasteiger partial charge in [-0.1, -0.05) is 25.4 Å². The van der Waals surface area contributed by atoms with Gasteiger partial charge in [0.05, 0.1) is 11.4 Å². The first-order chi connectivity index (χ1) is 10.0. The molecule has 108 valence electrons. The highest BCUT2D eigenvalue weighted by Crippen LogP contribution is 2.46. The number of hydrogen-bond donors (Lipinski definition) is 0. The van der Waals surface area contributed by atoms with E-state index in [1.807, 2.05) is 6.07 Å². The summed E-state index contributed by atoms with van der Waals surface area (Å²) in [6, 6.07) is 6.15. The largest absolute Gasteiger partial charge is 0.324 e. The van der Waals surface area contributed by atoms with Crippen LogP contribution >= 0.6 is 11.6 Å². The molecule has 0 atom stereocenters. The smallest absolute Gasteiger partial charge is 0.137 e. The molecule has 5 heteroatoms. The Labute approximate surface area is 129 Å². The lowest BCUT2D eigenvalue weighted by Gasteiger charge is -2.20. The van der Waals surface area contributed by atoms with Crippen molar-refractivity contribution in [2.24, 2.45) is 0 Å². The second kappa shape index (κ2) is 4.41. The second-order valence-corrected chi connectivity index (χ2v) is 6.93. The molecular weight excluding hydrogens is 284 g/mol. The maximum atomic E-state index is 6.00. The number of fused-ring (bicyclic) bond motifs is 1. The lowest BCUT2D eigenvalue weighted by Crippen LogP contribution is -2.26. The summed E-state index contributed by atoms with van der Waals surface area (Å²) in [5.41, 5.74) is 3.56. The quantitative estimate of drug-likeness (QED) is 0.790. The minimum atomic E-state index is 0.0116. The zero-order valence-electron chi connectivity index (χ0n) is 12.2. The van der Waals surface area contributed by atoms with Gasteiger partial charge in [-0.05, 0) is 25.0 Å². The van der Waals surface area contributed by atoms with Gasteiger partial charge < -0.3 is 4.90 Å². The molecule has 2 aromatic rings. The molecule has 0 bridgehead atoms. The molecule has 0 saturated heterocycles. The summed E-state index contributed by atoms with van der Waals surface area (Å²) in [5.74, 6) is 1.51. The number of aromatic nitrogens is 3. The van der Waals surface area contributed by atoms with Crippen molar-refractivity contribution in [3.63, 3.8) is 0 Å². The van der Waals surface area contributed by atoms with E-state index in [1.165, 1.54) is 30.6 Å². The maximum absolute atomic E-state index is 6.00. The van der Waals surface area contributed by atoms with Crippen LogP contribution in [0.5, 0.6) is 0 Å². The summed E-state index contributed by atoms with van der Waals surface area (Å²) in [5, 5.41) is 0.466. The van der Waals surface area contributed by atoms with Crippen LogP contribution in [0, 0.1) is 0 Å². The van der Waals surface area contributed by atoms with Gasteiger partial charge in [-0.15, -0.1) is 0 Å². The van der Waals surface area contributed by atoms with E-state index in [0.29, 0.717) is 11.1 Å². The molecule has 1 saturated carbocycles. The Kier molecular flexibility index (Phi) is 2.73. The molecule has 1 aliphatic heterocycles. The van der Waals surface area contributed by atoms with Crippen LogP contribution in [0.3, 0.4) is 0 Å². The van der Waals surface area contributed by atoms with Gasteiger partial charge in [-0.3, -0.25) is 4.98 Å². The third-order valence-electron chi connectivity index (χ3n) is 4.27. The monoisotopic (exact) mass is 300 g/mol. The Balaban J connectivity index is 1.80. The standard InChI is InChI=1S/C16H17ClN4/c1-16(2)8-21(14-7-13(17)18-9-19-14)12-6-5-11(10-3-4-10)20-15(12)16/h5-7,9-10H,3-4,8H2,1-2H3. The van der Waals surface area contributed by atoms with Crippen LogP contribution < -0.4 is 4.90 Å². The van der Waals surface area contributed by atoms with Gasteiger partial charge in [0.25, 0.3) is 0 Å². The van der Waals surface area contributed by atoms with E-state index in [1.54, 1.807) is 0 Å². The summed E-state index contributed by atoms with van der Waals surface area (Å²) in [7, 11) is 0. The molecule has 0 aromatic carbocycles. The number of rotatable bonds is 2. The molecule has 2 aromatic heterocycles. The molecule has 4 nitrogen and oxygen atoms in total. The fourth-order valence-electron chi connectivity index (χ4n) is 3.02. The Morgan fingerprint density at radius 3 is 2.76 bits per heavy atom. The van der Waals surface area contributed by atoms with Crippen molar-refractivity contribution in [3.05, 3.63) is 41.1 Å². The topological polar surface area (TPSA) is 41.9 Å². The predicted octanol–water partition coefficient (Wildman–Crippen LogP) is 3.83. The number of hydrogen-bond acceptors (Lipinski definition) is 4. The van der Waals surface area contributed by atoms with E-state index in [9.17, 15) is 0 Å². The number of halogens is 1. The van der Waals surface area contributed by atoms with Crippen molar-refractivity contribution in [2.75, 3.05) is 11.4 Å². The fourth-order valence-corrected chi connectivity index (χ4v) is 3.16. The number of nitrogens with zero attached hydrogens (tertiary/aromatic N) is 4. The lowest BCUT2D eigenvalue weighted by atomic mass is 9.91. The third kappa shape index (κ3) is 2.18. The molecule has 2 aliphatic rings. The summed E-state index contributed by atoms with van der Waals surface area (Å²) >= 11 is 6.00. The molecule has 3 heterocycles. The van der Waals surface area contributed by atoms with Crippen LogP contribution in [-0.2, 0) is 5.41 Å². The van der Waals surface area contributed by atoms with Gasteiger partial charge in [0.15, 0.2) is 0 Å². The minimum Gasteiger partial charge on any atom is -0.324 e. The van der Waals surface area contributed by atoms with Gasteiger partial charge in [0.1, 0.15) is 17.3 Å². The third-order valence-corrected chi connectivity index (χ3v) is 4.48. The fraction of sp³-hybridized carbons (Fsp3) is 0.438. The van der Waals surface area contributed by atoms with Gasteiger partial charge in [-0.2, -0.15) is 0 Å². The Morgan fingerprint density at radius 1 is 1.24 bits per heavy atom. The highest BCUT2D eigenvalue weighted by atomic mass is 35.5. The SMILES string of the molecule is CC1(C)CN(c2cc(Cl)ncn2)c2ccc(C3CC3)nc21. The Hall–Kier alpha value is -1.68.